The molecule has 3 aromatic heterocycles. The summed E-state index contributed by atoms with van der Waals surface area (Å²) in [5, 5.41) is 4.66. The Labute approximate surface area is 273 Å². The van der Waals surface area contributed by atoms with Crippen molar-refractivity contribution in [2.45, 2.75) is 65.9 Å². The molecule has 0 amide bonds. The number of benzene rings is 1. The molecular weight excluding hydrogens is 598 g/mol. The molecule has 248 valence electrons. The lowest BCUT2D eigenvalue weighted by Gasteiger charge is -2.46. The molecule has 0 unspecified atom stereocenters. The summed E-state index contributed by atoms with van der Waals surface area (Å²) >= 11 is 0. The van der Waals surface area contributed by atoms with Crippen molar-refractivity contribution in [2.24, 2.45) is 5.41 Å². The highest BCUT2D eigenvalue weighted by atomic mass is 32.3. The smallest absolute Gasteiger partial charge is 0.317 e. The van der Waals surface area contributed by atoms with E-state index in [9.17, 15) is 4.79 Å². The van der Waals surface area contributed by atoms with Crippen LogP contribution in [0.25, 0.3) is 22.6 Å². The number of ether oxygens (including phenoxy) is 3. The normalized spacial score (nSPS) is 14.9. The largest absolute Gasteiger partial charge is 0.461 e. The summed E-state index contributed by atoms with van der Waals surface area (Å²) in [5.74, 6) is 1.43. The van der Waals surface area contributed by atoms with E-state index in [1.54, 1.807) is 4.68 Å². The molecule has 0 aliphatic heterocycles. The van der Waals surface area contributed by atoms with Crippen LogP contribution in [0.4, 0.5) is 0 Å². The number of thiol groups is 1. The van der Waals surface area contributed by atoms with Gasteiger partial charge < -0.3 is 14.2 Å². The van der Waals surface area contributed by atoms with E-state index in [4.69, 9.17) is 19.2 Å². The second-order valence-electron chi connectivity index (χ2n) is 14.9. The third-order valence-electron chi connectivity index (χ3n) is 8.15. The fraction of sp³-hybridized carbons (Fsp3) is 0.472. The summed E-state index contributed by atoms with van der Waals surface area (Å²) < 4.78 is 19.2. The summed E-state index contributed by atoms with van der Waals surface area (Å²) in [6, 6.07) is 16.3. The van der Waals surface area contributed by atoms with Gasteiger partial charge in [-0.2, -0.15) is 9.67 Å². The van der Waals surface area contributed by atoms with Gasteiger partial charge in [-0.3, -0.25) is 23.9 Å². The van der Waals surface area contributed by atoms with Gasteiger partial charge in [-0.1, -0.05) is 36.4 Å². The number of aromatic nitrogens is 5. The second kappa shape index (κ2) is 13.5. The first-order valence-electron chi connectivity index (χ1n) is 16.1. The highest BCUT2D eigenvalue weighted by Crippen LogP contribution is 2.54. The van der Waals surface area contributed by atoms with Gasteiger partial charge in [0.2, 0.25) is 5.82 Å². The maximum atomic E-state index is 12.9. The number of rotatable bonds is 15. The van der Waals surface area contributed by atoms with Crippen LogP contribution in [0.5, 0.6) is 6.01 Å². The lowest BCUT2D eigenvalue weighted by atomic mass is 9.97. The van der Waals surface area contributed by atoms with E-state index in [0.717, 1.165) is 59.4 Å². The molecule has 1 aromatic carbocycles. The van der Waals surface area contributed by atoms with Crippen LogP contribution >= 0.6 is 9.16 Å². The fourth-order valence-electron chi connectivity index (χ4n) is 5.09. The Bertz CT molecular complexity index is 1630. The minimum absolute atomic E-state index is 0.0479. The summed E-state index contributed by atoms with van der Waals surface area (Å²) in [4.78, 5) is 26.9. The van der Waals surface area contributed by atoms with Gasteiger partial charge >= 0.3 is 12.0 Å². The van der Waals surface area contributed by atoms with E-state index in [0.29, 0.717) is 30.7 Å². The molecule has 0 spiro atoms. The van der Waals surface area contributed by atoms with Crippen LogP contribution in [0.2, 0.25) is 0 Å². The number of carbonyl (C=O) groups is 1. The zero-order valence-electron chi connectivity index (χ0n) is 28.3. The molecule has 0 atom stereocenters. The van der Waals surface area contributed by atoms with Crippen LogP contribution in [-0.2, 0) is 34.0 Å². The van der Waals surface area contributed by atoms with Crippen molar-refractivity contribution in [1.82, 2.24) is 24.7 Å². The van der Waals surface area contributed by atoms with Crippen LogP contribution in [0.3, 0.4) is 0 Å². The van der Waals surface area contributed by atoms with Crippen LogP contribution < -0.4 is 4.74 Å². The van der Waals surface area contributed by atoms with Gasteiger partial charge in [0, 0.05) is 29.2 Å². The Hall–Kier alpha value is -3.76. The van der Waals surface area contributed by atoms with Crippen molar-refractivity contribution < 1.29 is 19.0 Å². The molecule has 5 rings (SSSR count). The third-order valence-corrected chi connectivity index (χ3v) is 10.1. The Morgan fingerprint density at radius 2 is 1.78 bits per heavy atom. The SMILES string of the molecule is Cc1cc(CCC2(C(=O)OCc3ccccc3)CC2)ncc1-c1ccc(-c2nc(OC(C)C)n(COCC[SH](C)(C)(C)C)n2)nc1. The maximum absolute atomic E-state index is 12.9. The van der Waals surface area contributed by atoms with E-state index >= 15 is 0 Å². The predicted molar refractivity (Wildman–Crippen MR) is 187 cm³/mol. The van der Waals surface area contributed by atoms with Crippen molar-refractivity contribution in [1.29, 1.82) is 0 Å². The molecule has 10 heteroatoms. The standard InChI is InChI=1S/C36H49N5O4S/c1-26(2)45-35-39-33(40-41(35)25-43-19-20-46(4,5,6)7)32-14-13-29(22-38-32)31-23-37-30(21-27(31)3)15-16-36(17-18-36)34(42)44-24-28-11-9-8-10-12-28/h8-14,21-23,26,46H,15-20,24-25H2,1-7H3. The predicted octanol–water partition coefficient (Wildman–Crippen LogP) is 6.52. The van der Waals surface area contributed by atoms with Crippen molar-refractivity contribution >= 4 is 15.1 Å². The van der Waals surface area contributed by atoms with Crippen molar-refractivity contribution in [2.75, 3.05) is 37.4 Å². The molecule has 0 N–H and O–H groups in total. The molecule has 1 fully saturated rings. The number of hydrogen-bond acceptors (Lipinski definition) is 8. The van der Waals surface area contributed by atoms with Gasteiger partial charge in [-0.05, 0) is 100 Å². The Morgan fingerprint density at radius 1 is 1.02 bits per heavy atom. The number of pyridine rings is 2. The molecule has 4 aromatic rings. The van der Waals surface area contributed by atoms with E-state index in [1.165, 1.54) is 0 Å². The zero-order chi connectivity index (χ0) is 33.0. The van der Waals surface area contributed by atoms with Gasteiger partial charge in [0.1, 0.15) is 19.0 Å². The minimum Gasteiger partial charge on any atom is -0.461 e. The second-order valence-corrected chi connectivity index (χ2v) is 23.2. The Kier molecular flexibility index (Phi) is 9.89. The van der Waals surface area contributed by atoms with E-state index in [2.05, 4.69) is 53.1 Å². The number of carbonyl (C=O) groups excluding carboxylic acids is 1. The molecule has 46 heavy (non-hydrogen) atoms. The summed E-state index contributed by atoms with van der Waals surface area (Å²) in [6.45, 7) is 7.26. The lowest BCUT2D eigenvalue weighted by molar-refractivity contribution is -0.151. The van der Waals surface area contributed by atoms with E-state index < -0.39 is 9.16 Å². The highest BCUT2D eigenvalue weighted by molar-refractivity contribution is 8.47. The van der Waals surface area contributed by atoms with Gasteiger partial charge in [0.25, 0.3) is 0 Å². The van der Waals surface area contributed by atoms with E-state index in [-0.39, 0.29) is 24.2 Å². The highest BCUT2D eigenvalue weighted by Gasteiger charge is 2.50. The molecule has 3 heterocycles. The molecule has 0 radical (unpaired) electrons. The summed E-state index contributed by atoms with van der Waals surface area (Å²) in [6.07, 6.45) is 16.3. The average molecular weight is 648 g/mol. The molecule has 1 aliphatic carbocycles. The Morgan fingerprint density at radius 3 is 2.41 bits per heavy atom. The minimum atomic E-state index is -1.65. The number of aryl methyl sites for hydroxylation is 2. The van der Waals surface area contributed by atoms with Crippen LogP contribution in [0, 0.1) is 12.3 Å². The van der Waals surface area contributed by atoms with E-state index in [1.807, 2.05) is 68.7 Å². The summed E-state index contributed by atoms with van der Waals surface area (Å²) in [5.41, 5.74) is 5.34. The van der Waals surface area contributed by atoms with Crippen molar-refractivity contribution in [3.05, 3.63) is 77.7 Å². The molecule has 1 saturated carbocycles. The first-order valence-corrected chi connectivity index (χ1v) is 20.3. The van der Waals surface area contributed by atoms with Crippen molar-refractivity contribution in [3.8, 4) is 28.7 Å². The van der Waals surface area contributed by atoms with Gasteiger partial charge in [0.15, 0.2) is 0 Å². The summed E-state index contributed by atoms with van der Waals surface area (Å²) in [7, 11) is -1.65. The Balaban J connectivity index is 1.20. The molecule has 1 aliphatic rings. The first-order chi connectivity index (χ1) is 21.8. The van der Waals surface area contributed by atoms with Crippen LogP contribution in [0.1, 0.15) is 49.9 Å². The van der Waals surface area contributed by atoms with Gasteiger partial charge in [-0.15, -0.1) is 5.10 Å². The average Bonchev–Trinajstić information content (AvgIpc) is 3.70. The fourth-order valence-corrected chi connectivity index (χ4v) is 5.95. The topological polar surface area (TPSA) is 101 Å². The first kappa shape index (κ1) is 33.6. The maximum Gasteiger partial charge on any atom is 0.317 e. The lowest BCUT2D eigenvalue weighted by Crippen LogP contribution is -2.20. The molecule has 9 nitrogen and oxygen atoms in total. The number of hydrogen-bond donors (Lipinski definition) is 1. The number of esters is 1. The third kappa shape index (κ3) is 9.16. The molecule has 0 saturated heterocycles. The van der Waals surface area contributed by atoms with Crippen molar-refractivity contribution in [3.63, 3.8) is 0 Å². The van der Waals surface area contributed by atoms with Gasteiger partial charge in [-0.25, -0.2) is 0 Å². The van der Waals surface area contributed by atoms with Gasteiger partial charge in [0.05, 0.1) is 18.1 Å². The molecule has 0 bridgehead atoms. The zero-order valence-corrected chi connectivity index (χ0v) is 29.2. The quantitative estimate of drug-likeness (QED) is 0.0885. The monoisotopic (exact) mass is 647 g/mol. The van der Waals surface area contributed by atoms with Crippen LogP contribution in [-0.4, -0.2) is 74.2 Å². The van der Waals surface area contributed by atoms with Crippen LogP contribution in [0.15, 0.2) is 60.9 Å². The molecular formula is C36H49N5O4S. The number of nitrogens with zero attached hydrogens (tertiary/aromatic N) is 5.